The molecule has 1 aliphatic heterocycles. The highest BCUT2D eigenvalue weighted by Crippen LogP contribution is 2.31. The van der Waals surface area contributed by atoms with E-state index in [0.29, 0.717) is 11.8 Å². The Bertz CT molecular complexity index is 835. The van der Waals surface area contributed by atoms with Gasteiger partial charge in [-0.3, -0.25) is 9.79 Å². The quantitative estimate of drug-likeness (QED) is 0.176. The second-order valence-electron chi connectivity index (χ2n) is 6.78. The third-order valence-electron chi connectivity index (χ3n) is 4.52. The molecule has 0 fully saturated rings. The number of carbonyl (C=O) groups is 1. The predicted molar refractivity (Wildman–Crippen MR) is 135 cm³/mol. The van der Waals surface area contributed by atoms with Crippen LogP contribution in [0.1, 0.15) is 13.3 Å². The molecule has 2 aromatic carbocycles. The molecule has 0 spiro atoms. The lowest BCUT2D eigenvalue weighted by molar-refractivity contribution is -0.121. The van der Waals surface area contributed by atoms with Crippen molar-refractivity contribution >= 4 is 53.3 Å². The van der Waals surface area contributed by atoms with Crippen LogP contribution in [-0.2, 0) is 4.79 Å². The summed E-state index contributed by atoms with van der Waals surface area (Å²) in [5, 5.41) is 7.11. The zero-order valence-electron chi connectivity index (χ0n) is 17.3. The number of guanidine groups is 1. The van der Waals surface area contributed by atoms with Gasteiger partial charge in [-0.05, 0) is 30.7 Å². The van der Waals surface area contributed by atoms with Crippen LogP contribution < -0.4 is 20.3 Å². The summed E-state index contributed by atoms with van der Waals surface area (Å²) in [7, 11) is 1.77. The Balaban J connectivity index is 0.00000320. The molecule has 1 atom stereocenters. The average Bonchev–Trinajstić information content (AvgIpc) is 2.75. The minimum absolute atomic E-state index is 0. The van der Waals surface area contributed by atoms with Crippen LogP contribution in [0.3, 0.4) is 0 Å². The van der Waals surface area contributed by atoms with Crippen molar-refractivity contribution in [2.75, 3.05) is 38.2 Å². The van der Waals surface area contributed by atoms with Crippen molar-refractivity contribution in [3.8, 4) is 5.75 Å². The number of carbonyl (C=O) groups excluding carboxylic acids is 1. The second kappa shape index (κ2) is 12.7. The zero-order chi connectivity index (χ0) is 20.5. The van der Waals surface area contributed by atoms with Gasteiger partial charge in [0.1, 0.15) is 5.75 Å². The fourth-order valence-corrected chi connectivity index (χ4v) is 4.02. The first kappa shape index (κ1) is 24.3. The summed E-state index contributed by atoms with van der Waals surface area (Å²) in [4.78, 5) is 19.6. The number of benzene rings is 2. The number of anilines is 1. The smallest absolute Gasteiger partial charge is 0.265 e. The number of aliphatic imine (C=N–C) groups is 1. The Morgan fingerprint density at radius 3 is 2.67 bits per heavy atom. The molecule has 0 radical (unpaired) electrons. The van der Waals surface area contributed by atoms with Crippen molar-refractivity contribution in [3.05, 3.63) is 54.6 Å². The topological polar surface area (TPSA) is 66.0 Å². The van der Waals surface area contributed by atoms with E-state index >= 15 is 0 Å². The number of thioether (sulfide) groups is 1. The minimum atomic E-state index is -0.00188. The van der Waals surface area contributed by atoms with Gasteiger partial charge in [0.2, 0.25) is 0 Å². The molecule has 6 nitrogen and oxygen atoms in total. The van der Waals surface area contributed by atoms with Crippen molar-refractivity contribution in [2.24, 2.45) is 4.99 Å². The van der Waals surface area contributed by atoms with E-state index in [0.717, 1.165) is 36.9 Å². The lowest BCUT2D eigenvalue weighted by atomic mass is 10.2. The number of fused-ring (bicyclic) bond motifs is 1. The molecule has 8 heteroatoms. The third kappa shape index (κ3) is 7.09. The molecule has 1 aliphatic rings. The third-order valence-corrected chi connectivity index (χ3v) is 5.63. The van der Waals surface area contributed by atoms with Gasteiger partial charge in [-0.25, -0.2) is 0 Å². The first-order valence-corrected chi connectivity index (χ1v) is 10.7. The Morgan fingerprint density at radius 2 is 1.90 bits per heavy atom. The summed E-state index contributed by atoms with van der Waals surface area (Å²) in [6.45, 7) is 4.48. The van der Waals surface area contributed by atoms with Gasteiger partial charge in [0, 0.05) is 36.8 Å². The number of halogens is 1. The van der Waals surface area contributed by atoms with Gasteiger partial charge in [0.05, 0.1) is 5.69 Å². The Labute approximate surface area is 199 Å². The summed E-state index contributed by atoms with van der Waals surface area (Å²) in [5.74, 6) is 1.54. The van der Waals surface area contributed by atoms with Crippen LogP contribution in [0.2, 0.25) is 0 Å². The molecule has 0 aromatic heterocycles. The van der Waals surface area contributed by atoms with Gasteiger partial charge in [0.15, 0.2) is 12.6 Å². The molecular weight excluding hydrogens is 511 g/mol. The van der Waals surface area contributed by atoms with E-state index in [1.54, 1.807) is 11.9 Å². The number of rotatable bonds is 8. The molecule has 1 unspecified atom stereocenters. The SMILES string of the molecule is CN=C(NCCCN1C(=O)COc2ccccc21)NCC(C)Sc1ccccc1.I. The highest BCUT2D eigenvalue weighted by atomic mass is 127. The molecule has 162 valence electrons. The number of hydrogen-bond acceptors (Lipinski definition) is 4. The van der Waals surface area contributed by atoms with E-state index in [9.17, 15) is 4.79 Å². The average molecular weight is 540 g/mol. The standard InChI is InChI=1S/C22H28N4O2S.HI/c1-17(29-18-9-4-3-5-10-18)15-25-22(23-2)24-13-8-14-26-19-11-6-7-12-20(19)28-16-21(26)27;/h3-7,9-12,17H,8,13-16H2,1-2H3,(H2,23,24,25);1H. The molecule has 0 saturated heterocycles. The fourth-order valence-electron chi connectivity index (χ4n) is 3.08. The molecule has 1 heterocycles. The number of hydrogen-bond donors (Lipinski definition) is 2. The normalized spacial score (nSPS) is 14.3. The van der Waals surface area contributed by atoms with Crippen molar-refractivity contribution in [1.29, 1.82) is 0 Å². The van der Waals surface area contributed by atoms with Crippen molar-refractivity contribution in [1.82, 2.24) is 10.6 Å². The van der Waals surface area contributed by atoms with Gasteiger partial charge < -0.3 is 20.3 Å². The summed E-state index contributed by atoms with van der Waals surface area (Å²) in [6, 6.07) is 18.1. The predicted octanol–water partition coefficient (Wildman–Crippen LogP) is 3.77. The lowest BCUT2D eigenvalue weighted by Gasteiger charge is -2.29. The molecule has 2 aromatic rings. The van der Waals surface area contributed by atoms with E-state index in [1.807, 2.05) is 42.1 Å². The maximum absolute atomic E-state index is 12.2. The molecule has 0 aliphatic carbocycles. The molecule has 30 heavy (non-hydrogen) atoms. The molecule has 0 bridgehead atoms. The summed E-state index contributed by atoms with van der Waals surface area (Å²) >= 11 is 1.84. The van der Waals surface area contributed by atoms with Gasteiger partial charge in [-0.1, -0.05) is 37.3 Å². The molecule has 3 rings (SSSR count). The number of para-hydroxylation sites is 2. The van der Waals surface area contributed by atoms with Crippen LogP contribution in [0.4, 0.5) is 5.69 Å². The maximum atomic E-state index is 12.2. The molecule has 2 N–H and O–H groups in total. The van der Waals surface area contributed by atoms with E-state index in [-0.39, 0.29) is 36.5 Å². The summed E-state index contributed by atoms with van der Waals surface area (Å²) in [5.41, 5.74) is 0.845. The number of nitrogens with zero attached hydrogens (tertiary/aromatic N) is 2. The Morgan fingerprint density at radius 1 is 1.17 bits per heavy atom. The summed E-state index contributed by atoms with van der Waals surface area (Å²) < 4.78 is 5.49. The van der Waals surface area contributed by atoms with Crippen molar-refractivity contribution in [3.63, 3.8) is 0 Å². The van der Waals surface area contributed by atoms with E-state index in [4.69, 9.17) is 4.74 Å². The van der Waals surface area contributed by atoms with Crippen LogP contribution in [-0.4, -0.2) is 50.4 Å². The number of amides is 1. The first-order chi connectivity index (χ1) is 14.2. The minimum Gasteiger partial charge on any atom is -0.482 e. The van der Waals surface area contributed by atoms with Crippen LogP contribution in [0.25, 0.3) is 0 Å². The highest BCUT2D eigenvalue weighted by Gasteiger charge is 2.24. The molecule has 0 saturated carbocycles. The van der Waals surface area contributed by atoms with E-state index < -0.39 is 0 Å². The van der Waals surface area contributed by atoms with Gasteiger partial charge >= 0.3 is 0 Å². The van der Waals surface area contributed by atoms with Gasteiger partial charge in [0.25, 0.3) is 5.91 Å². The van der Waals surface area contributed by atoms with Gasteiger partial charge in [-0.2, -0.15) is 0 Å². The van der Waals surface area contributed by atoms with Gasteiger partial charge in [-0.15, -0.1) is 35.7 Å². The molecule has 1 amide bonds. The van der Waals surface area contributed by atoms with Crippen LogP contribution >= 0.6 is 35.7 Å². The van der Waals surface area contributed by atoms with Crippen molar-refractivity contribution in [2.45, 2.75) is 23.5 Å². The number of nitrogens with one attached hydrogen (secondary N) is 2. The summed E-state index contributed by atoms with van der Waals surface area (Å²) in [6.07, 6.45) is 0.815. The number of ether oxygens (including phenoxy) is 1. The van der Waals surface area contributed by atoms with Crippen LogP contribution in [0.15, 0.2) is 64.5 Å². The Hall–Kier alpha value is -1.94. The van der Waals surface area contributed by atoms with E-state index in [2.05, 4.69) is 46.8 Å². The zero-order valence-corrected chi connectivity index (χ0v) is 20.5. The van der Waals surface area contributed by atoms with Crippen LogP contribution in [0, 0.1) is 0 Å². The lowest BCUT2D eigenvalue weighted by Crippen LogP contribution is -2.43. The van der Waals surface area contributed by atoms with Crippen LogP contribution in [0.5, 0.6) is 5.75 Å². The fraction of sp³-hybridized carbons (Fsp3) is 0.364. The second-order valence-corrected chi connectivity index (χ2v) is 8.29. The monoisotopic (exact) mass is 540 g/mol. The highest BCUT2D eigenvalue weighted by molar-refractivity contribution is 14.0. The largest absolute Gasteiger partial charge is 0.482 e. The first-order valence-electron chi connectivity index (χ1n) is 9.86. The Kier molecular flexibility index (Phi) is 10.3. The van der Waals surface area contributed by atoms with E-state index in [1.165, 1.54) is 4.90 Å². The molecular formula is C22H29IN4O2S. The maximum Gasteiger partial charge on any atom is 0.265 e. The van der Waals surface area contributed by atoms with Crippen molar-refractivity contribution < 1.29 is 9.53 Å².